The quantitative estimate of drug-likeness (QED) is 0.760. The summed E-state index contributed by atoms with van der Waals surface area (Å²) in [5.41, 5.74) is 0.567. The van der Waals surface area contributed by atoms with E-state index in [1.54, 1.807) is 19.1 Å². The number of halogens is 2. The fourth-order valence-electron chi connectivity index (χ4n) is 0.726. The molecule has 0 saturated heterocycles. The normalized spacial score (nSPS) is 13.1. The lowest BCUT2D eigenvalue weighted by Gasteiger charge is -2.05. The van der Waals surface area contributed by atoms with Gasteiger partial charge < -0.3 is 5.11 Å². The van der Waals surface area contributed by atoms with Crippen LogP contribution in [0.2, 0.25) is 5.15 Å². The molecule has 1 atom stereocenters. The minimum Gasteiger partial charge on any atom is -0.387 e. The molecule has 60 valence electrons. The summed E-state index contributed by atoms with van der Waals surface area (Å²) in [4.78, 5) is 3.94. The highest BCUT2D eigenvalue weighted by atomic mass is 79.9. The molecule has 0 aliphatic carbocycles. The van der Waals surface area contributed by atoms with Crippen molar-refractivity contribution in [1.82, 2.24) is 4.98 Å². The van der Waals surface area contributed by atoms with Crippen molar-refractivity contribution in [2.45, 2.75) is 13.0 Å². The second kappa shape index (κ2) is 3.52. The molecule has 0 aliphatic rings. The van der Waals surface area contributed by atoms with E-state index in [0.717, 1.165) is 4.47 Å². The molecule has 0 aliphatic heterocycles. The molecule has 0 amide bonds. The number of aliphatic hydroxyl groups excluding tert-OH is 1. The summed E-state index contributed by atoms with van der Waals surface area (Å²) in [7, 11) is 0. The molecular formula is C7H7BrClNO. The van der Waals surface area contributed by atoms with E-state index in [1.165, 1.54) is 0 Å². The van der Waals surface area contributed by atoms with Crippen molar-refractivity contribution in [2.75, 3.05) is 0 Å². The Labute approximate surface area is 78.3 Å². The number of rotatable bonds is 1. The molecule has 0 unspecified atom stereocenters. The first-order valence-corrected chi connectivity index (χ1v) is 4.28. The lowest BCUT2D eigenvalue weighted by atomic mass is 10.2. The monoisotopic (exact) mass is 235 g/mol. The molecule has 1 aromatic rings. The van der Waals surface area contributed by atoms with Crippen LogP contribution in [0.3, 0.4) is 0 Å². The van der Waals surface area contributed by atoms with Gasteiger partial charge in [-0.1, -0.05) is 11.6 Å². The van der Waals surface area contributed by atoms with E-state index >= 15 is 0 Å². The molecule has 0 saturated carbocycles. The average molecular weight is 236 g/mol. The van der Waals surface area contributed by atoms with Gasteiger partial charge in [0.2, 0.25) is 0 Å². The largest absolute Gasteiger partial charge is 0.387 e. The molecule has 1 N–H and O–H groups in total. The van der Waals surface area contributed by atoms with Gasteiger partial charge in [-0.25, -0.2) is 4.98 Å². The van der Waals surface area contributed by atoms with Crippen LogP contribution in [0.4, 0.5) is 0 Å². The average Bonchev–Trinajstić information content (AvgIpc) is 1.94. The van der Waals surface area contributed by atoms with E-state index in [4.69, 9.17) is 11.6 Å². The van der Waals surface area contributed by atoms with Gasteiger partial charge in [0.1, 0.15) is 5.15 Å². The lowest BCUT2D eigenvalue weighted by Crippen LogP contribution is -1.96. The van der Waals surface area contributed by atoms with E-state index < -0.39 is 6.10 Å². The van der Waals surface area contributed by atoms with Gasteiger partial charge in [-0.05, 0) is 35.0 Å². The van der Waals surface area contributed by atoms with Gasteiger partial charge in [0.25, 0.3) is 0 Å². The second-order valence-corrected chi connectivity index (χ2v) is 3.42. The first-order chi connectivity index (χ1) is 5.11. The smallest absolute Gasteiger partial charge is 0.129 e. The maximum atomic E-state index is 9.18. The van der Waals surface area contributed by atoms with Crippen molar-refractivity contribution in [3.63, 3.8) is 0 Å². The molecule has 0 bridgehead atoms. The third kappa shape index (κ3) is 2.15. The summed E-state index contributed by atoms with van der Waals surface area (Å²) in [6.07, 6.45) is -0.594. The van der Waals surface area contributed by atoms with Crippen LogP contribution in [-0.4, -0.2) is 10.1 Å². The van der Waals surface area contributed by atoms with Crippen LogP contribution in [0.15, 0.2) is 16.6 Å². The maximum absolute atomic E-state index is 9.18. The summed E-state index contributed by atoms with van der Waals surface area (Å²) in [5, 5.41) is 9.57. The fourth-order valence-corrected chi connectivity index (χ4v) is 1.43. The molecular weight excluding hydrogens is 229 g/mol. The Hall–Kier alpha value is -0.120. The third-order valence-corrected chi connectivity index (χ3v) is 2.12. The molecule has 1 heterocycles. The Bertz CT molecular complexity index is 265. The first-order valence-electron chi connectivity index (χ1n) is 3.11. The molecule has 1 rings (SSSR count). The standard InChI is InChI=1S/C7H7BrClNO/c1-4(11)7-5(8)2-3-6(9)10-7/h2-4,11H,1H3/t4-/m0/s1. The van der Waals surface area contributed by atoms with Gasteiger partial charge in [0, 0.05) is 4.47 Å². The Morgan fingerprint density at radius 2 is 2.27 bits per heavy atom. The van der Waals surface area contributed by atoms with Crippen molar-refractivity contribution in [3.05, 3.63) is 27.5 Å². The Morgan fingerprint density at radius 1 is 1.64 bits per heavy atom. The van der Waals surface area contributed by atoms with E-state index in [-0.39, 0.29) is 0 Å². The predicted octanol–water partition coefficient (Wildman–Crippen LogP) is 2.55. The van der Waals surface area contributed by atoms with Crippen molar-refractivity contribution >= 4 is 27.5 Å². The number of aromatic nitrogens is 1. The lowest BCUT2D eigenvalue weighted by molar-refractivity contribution is 0.193. The highest BCUT2D eigenvalue weighted by Crippen LogP contribution is 2.22. The summed E-state index contributed by atoms with van der Waals surface area (Å²) in [5.74, 6) is 0. The van der Waals surface area contributed by atoms with Crippen LogP contribution < -0.4 is 0 Å². The number of pyridine rings is 1. The molecule has 2 nitrogen and oxygen atoms in total. The zero-order chi connectivity index (χ0) is 8.43. The van der Waals surface area contributed by atoms with Gasteiger partial charge in [-0.15, -0.1) is 0 Å². The van der Waals surface area contributed by atoms with Crippen LogP contribution in [0.25, 0.3) is 0 Å². The SMILES string of the molecule is C[C@H](O)c1nc(Cl)ccc1Br. The molecule has 11 heavy (non-hydrogen) atoms. The number of hydrogen-bond donors (Lipinski definition) is 1. The van der Waals surface area contributed by atoms with E-state index in [0.29, 0.717) is 10.8 Å². The molecule has 0 aromatic carbocycles. The van der Waals surface area contributed by atoms with Crippen molar-refractivity contribution in [2.24, 2.45) is 0 Å². The van der Waals surface area contributed by atoms with Gasteiger partial charge in [0.05, 0.1) is 11.8 Å². The van der Waals surface area contributed by atoms with Crippen molar-refractivity contribution < 1.29 is 5.11 Å². The van der Waals surface area contributed by atoms with Crippen LogP contribution in [-0.2, 0) is 0 Å². The van der Waals surface area contributed by atoms with Gasteiger partial charge in [-0.2, -0.15) is 0 Å². The fraction of sp³-hybridized carbons (Fsp3) is 0.286. The highest BCUT2D eigenvalue weighted by Gasteiger charge is 2.07. The third-order valence-electron chi connectivity index (χ3n) is 1.23. The summed E-state index contributed by atoms with van der Waals surface area (Å²) >= 11 is 8.87. The van der Waals surface area contributed by atoms with Crippen molar-refractivity contribution in [3.8, 4) is 0 Å². The topological polar surface area (TPSA) is 33.1 Å². The minimum atomic E-state index is -0.594. The summed E-state index contributed by atoms with van der Waals surface area (Å²) in [6, 6.07) is 3.43. The maximum Gasteiger partial charge on any atom is 0.129 e. The molecule has 0 spiro atoms. The molecule has 4 heteroatoms. The predicted molar refractivity (Wildman–Crippen MR) is 47.6 cm³/mol. The molecule has 1 aromatic heterocycles. The number of hydrogen-bond acceptors (Lipinski definition) is 2. The zero-order valence-electron chi connectivity index (χ0n) is 5.88. The number of aliphatic hydroxyl groups is 1. The van der Waals surface area contributed by atoms with E-state index in [2.05, 4.69) is 20.9 Å². The Balaban J connectivity index is 3.13. The second-order valence-electron chi connectivity index (χ2n) is 2.18. The van der Waals surface area contributed by atoms with E-state index in [9.17, 15) is 5.11 Å². The van der Waals surface area contributed by atoms with Crippen LogP contribution in [0.5, 0.6) is 0 Å². The number of nitrogens with zero attached hydrogens (tertiary/aromatic N) is 1. The van der Waals surface area contributed by atoms with Crippen LogP contribution in [0, 0.1) is 0 Å². The minimum absolute atomic E-state index is 0.393. The highest BCUT2D eigenvalue weighted by molar-refractivity contribution is 9.10. The van der Waals surface area contributed by atoms with E-state index in [1.807, 2.05) is 0 Å². The first kappa shape index (κ1) is 8.97. The zero-order valence-corrected chi connectivity index (χ0v) is 8.22. The van der Waals surface area contributed by atoms with Gasteiger partial charge in [0.15, 0.2) is 0 Å². The molecule has 0 radical (unpaired) electrons. The van der Waals surface area contributed by atoms with Crippen LogP contribution >= 0.6 is 27.5 Å². The van der Waals surface area contributed by atoms with Crippen molar-refractivity contribution in [1.29, 1.82) is 0 Å². The van der Waals surface area contributed by atoms with Gasteiger partial charge >= 0.3 is 0 Å². The Kier molecular flexibility index (Phi) is 2.87. The van der Waals surface area contributed by atoms with Crippen LogP contribution in [0.1, 0.15) is 18.7 Å². The summed E-state index contributed by atoms with van der Waals surface area (Å²) in [6.45, 7) is 1.64. The molecule has 0 fully saturated rings. The Morgan fingerprint density at radius 3 is 2.73 bits per heavy atom. The summed E-state index contributed by atoms with van der Waals surface area (Å²) < 4.78 is 0.775. The van der Waals surface area contributed by atoms with Gasteiger partial charge in [-0.3, -0.25) is 0 Å².